The maximum atomic E-state index is 5.45. The van der Waals surface area contributed by atoms with Crippen LogP contribution in [0.25, 0.3) is 0 Å². The fourth-order valence-corrected chi connectivity index (χ4v) is 0.446. The summed E-state index contributed by atoms with van der Waals surface area (Å²) in [5.41, 5.74) is 0. The van der Waals surface area contributed by atoms with E-state index in [0.717, 1.165) is 12.8 Å². The summed E-state index contributed by atoms with van der Waals surface area (Å²) in [6, 6.07) is 0. The van der Waals surface area contributed by atoms with Gasteiger partial charge in [-0.3, -0.25) is 0 Å². The number of allylic oxidation sites excluding steroid dienone is 1. The lowest BCUT2D eigenvalue weighted by atomic mass is 10.3. The largest absolute Gasteiger partial charge is 0.167 e. The van der Waals surface area contributed by atoms with Gasteiger partial charge >= 0.3 is 0 Å². The molecule has 0 saturated carbocycles. The van der Waals surface area contributed by atoms with Crippen molar-refractivity contribution in [3.8, 4) is 0 Å². The Labute approximate surface area is 59.9 Å². The van der Waals surface area contributed by atoms with Crippen molar-refractivity contribution in [3.05, 3.63) is 11.6 Å². The van der Waals surface area contributed by atoms with Gasteiger partial charge in [0.05, 0.1) is 0 Å². The van der Waals surface area contributed by atoms with Crippen molar-refractivity contribution in [3.63, 3.8) is 0 Å². The first-order valence-electron chi connectivity index (χ1n) is 2.58. The average molecular weight is 145 g/mol. The van der Waals surface area contributed by atoms with E-state index in [4.69, 9.17) is 11.6 Å². The number of halogens is 1. The lowest BCUT2D eigenvalue weighted by Gasteiger charge is -1.86. The average Bonchev–Trinajstić information content (AvgIpc) is 1.80. The van der Waals surface area contributed by atoms with E-state index < -0.39 is 0 Å². The van der Waals surface area contributed by atoms with Gasteiger partial charge in [-0.1, -0.05) is 18.2 Å². The Morgan fingerprint density at radius 1 is 1.67 bits per heavy atom. The van der Waals surface area contributed by atoms with Crippen LogP contribution in [0.3, 0.4) is 0 Å². The summed E-state index contributed by atoms with van der Waals surface area (Å²) in [4.78, 5) is 0. The summed E-state index contributed by atoms with van der Waals surface area (Å²) in [6.07, 6.45) is 3.18. The first-order chi connectivity index (χ1) is 4.27. The van der Waals surface area contributed by atoms with Crippen molar-refractivity contribution < 1.29 is 0 Å². The van der Waals surface area contributed by atoms with Crippen LogP contribution in [0, 0.1) is 0 Å². The van der Waals surface area contributed by atoms with Gasteiger partial charge < -0.3 is 0 Å². The van der Waals surface area contributed by atoms with Crippen molar-refractivity contribution in [2.45, 2.75) is 12.8 Å². The van der Waals surface area contributed by atoms with E-state index in [-0.39, 0.29) is 0 Å². The van der Waals surface area contributed by atoms with E-state index in [9.17, 15) is 0 Å². The second-order valence-electron chi connectivity index (χ2n) is 1.50. The standard InChI is InChI=1S/C6H9ClN2/c1-6(7)4-3-5-9-8-2/h5H,1-4H2/b9-5-. The summed E-state index contributed by atoms with van der Waals surface area (Å²) in [5.74, 6) is 0. The predicted octanol–water partition coefficient (Wildman–Crippen LogP) is 2.21. The summed E-state index contributed by atoms with van der Waals surface area (Å²) >= 11 is 5.45. The summed E-state index contributed by atoms with van der Waals surface area (Å²) in [5, 5.41) is 7.46. The molecule has 50 valence electrons. The molecule has 0 aromatic rings. The maximum Gasteiger partial charge on any atom is 0.0273 e. The van der Waals surface area contributed by atoms with Gasteiger partial charge in [0, 0.05) is 18.0 Å². The number of rotatable bonds is 4. The zero-order chi connectivity index (χ0) is 7.11. The van der Waals surface area contributed by atoms with E-state index >= 15 is 0 Å². The molecule has 0 rings (SSSR count). The summed E-state index contributed by atoms with van der Waals surface area (Å²) in [6.45, 7) is 6.68. The third kappa shape index (κ3) is 7.37. The van der Waals surface area contributed by atoms with Gasteiger partial charge in [-0.05, 0) is 12.8 Å². The van der Waals surface area contributed by atoms with Crippen molar-refractivity contribution >= 4 is 24.5 Å². The van der Waals surface area contributed by atoms with Gasteiger partial charge in [0.1, 0.15) is 0 Å². The molecule has 0 amide bonds. The molecule has 0 aliphatic carbocycles. The quantitative estimate of drug-likeness (QED) is 0.427. The van der Waals surface area contributed by atoms with Crippen LogP contribution >= 0.6 is 11.6 Å². The Kier molecular flexibility index (Phi) is 5.12. The predicted molar refractivity (Wildman–Crippen MR) is 42.3 cm³/mol. The smallest absolute Gasteiger partial charge is 0.0273 e. The van der Waals surface area contributed by atoms with Crippen LogP contribution < -0.4 is 0 Å². The second kappa shape index (κ2) is 5.51. The number of nitrogens with zero attached hydrogens (tertiary/aromatic N) is 2. The minimum atomic E-state index is 0.644. The Morgan fingerprint density at radius 3 is 2.78 bits per heavy atom. The summed E-state index contributed by atoms with van der Waals surface area (Å²) < 4.78 is 0. The summed E-state index contributed by atoms with van der Waals surface area (Å²) in [7, 11) is 0. The lowest BCUT2D eigenvalue weighted by molar-refractivity contribution is 1.08. The minimum absolute atomic E-state index is 0.644. The zero-order valence-electron chi connectivity index (χ0n) is 5.18. The molecule has 0 atom stereocenters. The van der Waals surface area contributed by atoms with Crippen molar-refractivity contribution in [2.24, 2.45) is 10.2 Å². The second-order valence-corrected chi connectivity index (χ2v) is 2.03. The van der Waals surface area contributed by atoms with E-state index in [1.54, 1.807) is 6.21 Å². The van der Waals surface area contributed by atoms with Gasteiger partial charge in [0.15, 0.2) is 0 Å². The van der Waals surface area contributed by atoms with E-state index in [1.165, 1.54) is 0 Å². The van der Waals surface area contributed by atoms with Gasteiger partial charge in [0.25, 0.3) is 0 Å². The van der Waals surface area contributed by atoms with Crippen LogP contribution in [0.1, 0.15) is 12.8 Å². The highest BCUT2D eigenvalue weighted by atomic mass is 35.5. The van der Waals surface area contributed by atoms with Crippen LogP contribution in [-0.2, 0) is 0 Å². The number of hydrogen-bond acceptors (Lipinski definition) is 2. The lowest BCUT2D eigenvalue weighted by Crippen LogP contribution is -1.74. The fraction of sp³-hybridized carbons (Fsp3) is 0.333. The molecule has 9 heavy (non-hydrogen) atoms. The van der Waals surface area contributed by atoms with Crippen molar-refractivity contribution in [1.29, 1.82) is 0 Å². The molecule has 0 spiro atoms. The molecular weight excluding hydrogens is 136 g/mol. The van der Waals surface area contributed by atoms with Crippen LogP contribution in [0.15, 0.2) is 21.8 Å². The third-order valence-corrected chi connectivity index (χ3v) is 0.897. The minimum Gasteiger partial charge on any atom is -0.167 e. The van der Waals surface area contributed by atoms with Crippen molar-refractivity contribution in [1.82, 2.24) is 0 Å². The SMILES string of the molecule is C=N/N=C\CCC(=C)Cl. The molecule has 0 aliphatic heterocycles. The normalized spacial score (nSPS) is 9.89. The first-order valence-corrected chi connectivity index (χ1v) is 2.96. The van der Waals surface area contributed by atoms with Crippen LogP contribution in [-0.4, -0.2) is 12.9 Å². The topological polar surface area (TPSA) is 24.7 Å². The Balaban J connectivity index is 3.19. The molecule has 0 unspecified atom stereocenters. The molecule has 0 aromatic carbocycles. The van der Waals surface area contributed by atoms with Crippen LogP contribution in [0.5, 0.6) is 0 Å². The van der Waals surface area contributed by atoms with Gasteiger partial charge in [-0.25, -0.2) is 0 Å². The molecule has 0 heterocycles. The van der Waals surface area contributed by atoms with E-state index in [0.29, 0.717) is 5.03 Å². The zero-order valence-corrected chi connectivity index (χ0v) is 5.93. The highest BCUT2D eigenvalue weighted by Gasteiger charge is 1.83. The number of hydrogen-bond donors (Lipinski definition) is 0. The van der Waals surface area contributed by atoms with Crippen LogP contribution in [0.2, 0.25) is 0 Å². The molecule has 0 radical (unpaired) electrons. The highest BCUT2D eigenvalue weighted by Crippen LogP contribution is 2.04. The molecule has 0 aliphatic rings. The van der Waals surface area contributed by atoms with Gasteiger partial charge in [-0.2, -0.15) is 10.2 Å². The first kappa shape index (κ1) is 8.37. The fourth-order valence-electron chi connectivity index (χ4n) is 0.337. The van der Waals surface area contributed by atoms with E-state index in [2.05, 4.69) is 23.5 Å². The van der Waals surface area contributed by atoms with E-state index in [1.807, 2.05) is 0 Å². The van der Waals surface area contributed by atoms with Gasteiger partial charge in [0.2, 0.25) is 0 Å². The molecule has 0 fully saturated rings. The van der Waals surface area contributed by atoms with Crippen molar-refractivity contribution in [2.75, 3.05) is 0 Å². The molecule has 0 N–H and O–H groups in total. The monoisotopic (exact) mass is 144 g/mol. The molecule has 0 bridgehead atoms. The third-order valence-electron chi connectivity index (χ3n) is 0.708. The Bertz CT molecular complexity index is 129. The molecular formula is C6H9ClN2. The highest BCUT2D eigenvalue weighted by molar-refractivity contribution is 6.29. The molecule has 0 aromatic heterocycles. The molecule has 2 nitrogen and oxygen atoms in total. The Hall–Kier alpha value is -0.630. The molecule has 3 heteroatoms. The maximum absolute atomic E-state index is 5.45. The Morgan fingerprint density at radius 2 is 2.33 bits per heavy atom. The van der Waals surface area contributed by atoms with Crippen LogP contribution in [0.4, 0.5) is 0 Å². The molecule has 0 saturated heterocycles. The van der Waals surface area contributed by atoms with Gasteiger partial charge in [-0.15, -0.1) is 0 Å².